The van der Waals surface area contributed by atoms with Crippen LogP contribution in [0, 0.1) is 11.8 Å². The average Bonchev–Trinajstić information content (AvgIpc) is 3.05. The van der Waals surface area contributed by atoms with Gasteiger partial charge >= 0.3 is 5.97 Å². The van der Waals surface area contributed by atoms with Gasteiger partial charge < -0.3 is 14.4 Å². The van der Waals surface area contributed by atoms with Gasteiger partial charge in [-0.3, -0.25) is 9.59 Å². The molecule has 3 aliphatic rings. The van der Waals surface area contributed by atoms with Crippen LogP contribution < -0.4 is 0 Å². The van der Waals surface area contributed by atoms with Crippen LogP contribution in [0.2, 0.25) is 0 Å². The Morgan fingerprint density at radius 3 is 3.05 bits per heavy atom. The maximum atomic E-state index is 12.6. The van der Waals surface area contributed by atoms with E-state index in [2.05, 4.69) is 6.92 Å². The molecule has 19 heavy (non-hydrogen) atoms. The van der Waals surface area contributed by atoms with Gasteiger partial charge in [-0.1, -0.05) is 19.1 Å². The standard InChI is InChI=1S/C14H19NO4/c1-4-8(2)15-7-14-6-5-9(19-14)10(13(17)18-3)11(14)12(15)16/h5-6,8-11H,4,7H2,1-3H3/t8-,9+,10+,11-,14+/m1/s1. The third-order valence-electron chi connectivity index (χ3n) is 4.73. The highest BCUT2D eigenvalue weighted by Crippen LogP contribution is 2.52. The van der Waals surface area contributed by atoms with Gasteiger partial charge in [-0.15, -0.1) is 0 Å². The molecule has 0 N–H and O–H groups in total. The number of amides is 1. The zero-order valence-corrected chi connectivity index (χ0v) is 11.5. The molecule has 2 fully saturated rings. The molecule has 5 atom stereocenters. The van der Waals surface area contributed by atoms with Crippen molar-refractivity contribution >= 4 is 11.9 Å². The van der Waals surface area contributed by atoms with Crippen LogP contribution in [0.1, 0.15) is 20.3 Å². The van der Waals surface area contributed by atoms with E-state index < -0.39 is 17.4 Å². The fourth-order valence-electron chi connectivity index (χ4n) is 3.53. The molecule has 2 saturated heterocycles. The topological polar surface area (TPSA) is 55.8 Å². The minimum Gasteiger partial charge on any atom is -0.469 e. The largest absolute Gasteiger partial charge is 0.469 e. The van der Waals surface area contributed by atoms with Crippen molar-refractivity contribution < 1.29 is 19.1 Å². The smallest absolute Gasteiger partial charge is 0.312 e. The predicted molar refractivity (Wildman–Crippen MR) is 67.2 cm³/mol. The van der Waals surface area contributed by atoms with Crippen molar-refractivity contribution in [1.82, 2.24) is 4.90 Å². The summed E-state index contributed by atoms with van der Waals surface area (Å²) in [4.78, 5) is 26.4. The molecule has 5 nitrogen and oxygen atoms in total. The highest BCUT2D eigenvalue weighted by Gasteiger charge is 2.67. The average molecular weight is 265 g/mol. The Hall–Kier alpha value is -1.36. The summed E-state index contributed by atoms with van der Waals surface area (Å²) < 4.78 is 10.8. The molecule has 0 aliphatic carbocycles. The quantitative estimate of drug-likeness (QED) is 0.558. The van der Waals surface area contributed by atoms with Gasteiger partial charge in [0.05, 0.1) is 25.7 Å². The molecule has 1 amide bonds. The van der Waals surface area contributed by atoms with Gasteiger partial charge in [0, 0.05) is 6.04 Å². The fraction of sp³-hybridized carbons (Fsp3) is 0.714. The van der Waals surface area contributed by atoms with Crippen LogP contribution in [0.3, 0.4) is 0 Å². The van der Waals surface area contributed by atoms with Gasteiger partial charge in [0.25, 0.3) is 0 Å². The first-order valence-corrected chi connectivity index (χ1v) is 6.79. The molecule has 3 aliphatic heterocycles. The molecule has 0 aromatic heterocycles. The third-order valence-corrected chi connectivity index (χ3v) is 4.73. The molecule has 0 unspecified atom stereocenters. The maximum absolute atomic E-state index is 12.6. The molecule has 3 rings (SSSR count). The molecule has 2 bridgehead atoms. The van der Waals surface area contributed by atoms with E-state index in [4.69, 9.17) is 9.47 Å². The molecule has 0 aromatic carbocycles. The lowest BCUT2D eigenvalue weighted by molar-refractivity contribution is -0.151. The molecular formula is C14H19NO4. The number of nitrogens with zero attached hydrogens (tertiary/aromatic N) is 1. The van der Waals surface area contributed by atoms with E-state index in [1.165, 1.54) is 7.11 Å². The number of carbonyl (C=O) groups is 2. The summed E-state index contributed by atoms with van der Waals surface area (Å²) in [6, 6.07) is 0.168. The van der Waals surface area contributed by atoms with Gasteiger partial charge in [0.2, 0.25) is 5.91 Å². The second-order valence-corrected chi connectivity index (χ2v) is 5.65. The normalized spacial score (nSPS) is 40.7. The first-order valence-electron chi connectivity index (χ1n) is 6.79. The molecule has 0 aromatic rings. The molecule has 5 heteroatoms. The van der Waals surface area contributed by atoms with E-state index in [0.29, 0.717) is 6.54 Å². The molecular weight excluding hydrogens is 246 g/mol. The van der Waals surface area contributed by atoms with Crippen LogP contribution in [0.25, 0.3) is 0 Å². The van der Waals surface area contributed by atoms with Crippen molar-refractivity contribution in [1.29, 1.82) is 0 Å². The van der Waals surface area contributed by atoms with Crippen molar-refractivity contribution in [2.24, 2.45) is 11.8 Å². The maximum Gasteiger partial charge on any atom is 0.312 e. The second kappa shape index (κ2) is 4.07. The Labute approximate surface area is 112 Å². The van der Waals surface area contributed by atoms with E-state index in [-0.39, 0.29) is 24.0 Å². The summed E-state index contributed by atoms with van der Waals surface area (Å²) in [5.74, 6) is -1.22. The Kier molecular flexibility index (Phi) is 2.71. The highest BCUT2D eigenvalue weighted by molar-refractivity contribution is 5.91. The van der Waals surface area contributed by atoms with Crippen molar-refractivity contribution in [2.75, 3.05) is 13.7 Å². The first kappa shape index (κ1) is 12.7. The number of hydrogen-bond acceptors (Lipinski definition) is 4. The van der Waals surface area contributed by atoms with Crippen molar-refractivity contribution in [3.05, 3.63) is 12.2 Å². The molecule has 104 valence electrons. The van der Waals surface area contributed by atoms with E-state index in [1.807, 2.05) is 24.0 Å². The van der Waals surface area contributed by atoms with Crippen molar-refractivity contribution in [3.63, 3.8) is 0 Å². The summed E-state index contributed by atoms with van der Waals surface area (Å²) in [5.41, 5.74) is -0.607. The van der Waals surface area contributed by atoms with E-state index in [0.717, 1.165) is 6.42 Å². The second-order valence-electron chi connectivity index (χ2n) is 5.65. The Morgan fingerprint density at radius 2 is 2.42 bits per heavy atom. The van der Waals surface area contributed by atoms with Crippen LogP contribution >= 0.6 is 0 Å². The minimum absolute atomic E-state index is 0.0246. The number of fused-ring (bicyclic) bond motifs is 1. The van der Waals surface area contributed by atoms with Gasteiger partial charge in [-0.2, -0.15) is 0 Å². The number of methoxy groups -OCH3 is 1. The summed E-state index contributed by atoms with van der Waals surface area (Å²) in [7, 11) is 1.36. The fourth-order valence-corrected chi connectivity index (χ4v) is 3.53. The number of likely N-dealkylation sites (tertiary alicyclic amines) is 1. The van der Waals surface area contributed by atoms with Crippen LogP contribution in [-0.4, -0.2) is 48.2 Å². The summed E-state index contributed by atoms with van der Waals surface area (Å²) in [5, 5.41) is 0. The SMILES string of the molecule is CC[C@@H](C)N1C[C@]23C=C[C@H](O2)[C@H](C(=O)OC)[C@@H]3C1=O. The van der Waals surface area contributed by atoms with Crippen LogP contribution in [0.4, 0.5) is 0 Å². The minimum atomic E-state index is -0.607. The lowest BCUT2D eigenvalue weighted by Crippen LogP contribution is -2.40. The zero-order valence-electron chi connectivity index (χ0n) is 11.5. The highest BCUT2D eigenvalue weighted by atomic mass is 16.5. The summed E-state index contributed by atoms with van der Waals surface area (Å²) >= 11 is 0. The Balaban J connectivity index is 1.95. The van der Waals surface area contributed by atoms with Crippen molar-refractivity contribution in [3.8, 4) is 0 Å². The van der Waals surface area contributed by atoms with E-state index in [1.54, 1.807) is 0 Å². The summed E-state index contributed by atoms with van der Waals surface area (Å²) in [6.45, 7) is 4.63. The van der Waals surface area contributed by atoms with E-state index in [9.17, 15) is 9.59 Å². The van der Waals surface area contributed by atoms with E-state index >= 15 is 0 Å². The van der Waals surface area contributed by atoms with Crippen LogP contribution in [-0.2, 0) is 19.1 Å². The molecule has 0 radical (unpaired) electrons. The van der Waals surface area contributed by atoms with Gasteiger partial charge in [0.1, 0.15) is 11.5 Å². The van der Waals surface area contributed by atoms with Gasteiger partial charge in [-0.25, -0.2) is 0 Å². The van der Waals surface area contributed by atoms with Gasteiger partial charge in [0.15, 0.2) is 0 Å². The van der Waals surface area contributed by atoms with Crippen LogP contribution in [0.15, 0.2) is 12.2 Å². The zero-order chi connectivity index (χ0) is 13.8. The Bertz CT molecular complexity index is 460. The predicted octanol–water partition coefficient (Wildman–Crippen LogP) is 0.740. The molecule has 0 saturated carbocycles. The number of ether oxygens (including phenoxy) is 2. The molecule has 1 spiro atoms. The molecule has 3 heterocycles. The third kappa shape index (κ3) is 1.51. The monoisotopic (exact) mass is 265 g/mol. The van der Waals surface area contributed by atoms with Gasteiger partial charge in [-0.05, 0) is 13.3 Å². The Morgan fingerprint density at radius 1 is 1.68 bits per heavy atom. The number of hydrogen-bond donors (Lipinski definition) is 0. The number of carbonyl (C=O) groups excluding carboxylic acids is 2. The number of rotatable bonds is 3. The van der Waals surface area contributed by atoms with Crippen LogP contribution in [0.5, 0.6) is 0 Å². The first-order chi connectivity index (χ1) is 9.04. The van der Waals surface area contributed by atoms with Crippen molar-refractivity contribution in [2.45, 2.75) is 38.0 Å². The lowest BCUT2D eigenvalue weighted by atomic mass is 9.77. The summed E-state index contributed by atoms with van der Waals surface area (Å²) in [6.07, 6.45) is 4.44. The lowest BCUT2D eigenvalue weighted by Gasteiger charge is -2.26. The number of esters is 1.